The highest BCUT2D eigenvalue weighted by Gasteiger charge is 2.41. The van der Waals surface area contributed by atoms with Crippen molar-refractivity contribution in [2.24, 2.45) is 17.1 Å². The van der Waals surface area contributed by atoms with Crippen LogP contribution in [-0.2, 0) is 4.74 Å². The highest BCUT2D eigenvalue weighted by Crippen LogP contribution is 2.48. The minimum absolute atomic E-state index is 0.284. The van der Waals surface area contributed by atoms with Gasteiger partial charge in [-0.1, -0.05) is 6.92 Å². The molecule has 0 heterocycles. The van der Waals surface area contributed by atoms with Crippen molar-refractivity contribution in [3.05, 3.63) is 0 Å². The molecule has 3 heteroatoms. The van der Waals surface area contributed by atoms with Crippen LogP contribution in [0.1, 0.15) is 33.1 Å². The van der Waals surface area contributed by atoms with E-state index in [0.717, 1.165) is 19.7 Å². The van der Waals surface area contributed by atoms with E-state index in [4.69, 9.17) is 10.5 Å². The third-order valence-corrected chi connectivity index (χ3v) is 3.66. The molecule has 1 rings (SSSR count). The summed E-state index contributed by atoms with van der Waals surface area (Å²) in [5.41, 5.74) is 6.37. The Bertz CT molecular complexity index is 178. The van der Waals surface area contributed by atoms with Gasteiger partial charge in [-0.25, -0.2) is 0 Å². The third kappa shape index (κ3) is 4.49. The monoisotopic (exact) mass is 214 g/mol. The maximum absolute atomic E-state index is 5.82. The molecule has 15 heavy (non-hydrogen) atoms. The van der Waals surface area contributed by atoms with E-state index < -0.39 is 0 Å². The Hall–Kier alpha value is -0.120. The lowest BCUT2D eigenvalue weighted by molar-refractivity contribution is 0.171. The number of ether oxygens (including phenoxy) is 1. The summed E-state index contributed by atoms with van der Waals surface area (Å²) >= 11 is 0. The number of nitrogens with one attached hydrogen (secondary N) is 1. The van der Waals surface area contributed by atoms with E-state index >= 15 is 0 Å². The van der Waals surface area contributed by atoms with Gasteiger partial charge in [0, 0.05) is 26.3 Å². The molecule has 0 aromatic rings. The fourth-order valence-corrected chi connectivity index (χ4v) is 1.76. The number of hydrogen-bond acceptors (Lipinski definition) is 3. The lowest BCUT2D eigenvalue weighted by atomic mass is 10.0. The van der Waals surface area contributed by atoms with Crippen LogP contribution in [0.3, 0.4) is 0 Å². The highest BCUT2D eigenvalue weighted by molar-refractivity contribution is 4.94. The topological polar surface area (TPSA) is 47.3 Å². The van der Waals surface area contributed by atoms with Gasteiger partial charge in [0.25, 0.3) is 0 Å². The molecule has 1 fully saturated rings. The Morgan fingerprint density at radius 1 is 1.40 bits per heavy atom. The average Bonchev–Trinajstić information content (AvgIpc) is 2.95. The fourth-order valence-electron chi connectivity index (χ4n) is 1.76. The van der Waals surface area contributed by atoms with Crippen LogP contribution < -0.4 is 11.1 Å². The van der Waals surface area contributed by atoms with Gasteiger partial charge in [0.2, 0.25) is 0 Å². The van der Waals surface area contributed by atoms with Gasteiger partial charge in [-0.15, -0.1) is 0 Å². The van der Waals surface area contributed by atoms with E-state index in [1.165, 1.54) is 19.3 Å². The van der Waals surface area contributed by atoms with Gasteiger partial charge in [-0.05, 0) is 44.1 Å². The number of hydrogen-bond donors (Lipinski definition) is 2. The predicted molar refractivity (Wildman–Crippen MR) is 63.8 cm³/mol. The third-order valence-electron chi connectivity index (χ3n) is 3.66. The average molecular weight is 214 g/mol. The summed E-state index contributed by atoms with van der Waals surface area (Å²) in [6.07, 6.45) is 3.91. The zero-order chi connectivity index (χ0) is 11.3. The van der Waals surface area contributed by atoms with Crippen molar-refractivity contribution in [1.29, 1.82) is 0 Å². The zero-order valence-corrected chi connectivity index (χ0v) is 10.4. The molecule has 0 radical (unpaired) electrons. The predicted octanol–water partition coefficient (Wildman–Crippen LogP) is 1.38. The van der Waals surface area contributed by atoms with Crippen LogP contribution >= 0.6 is 0 Å². The minimum Gasteiger partial charge on any atom is -0.385 e. The van der Waals surface area contributed by atoms with E-state index in [0.29, 0.717) is 11.3 Å². The van der Waals surface area contributed by atoms with Gasteiger partial charge in [0.1, 0.15) is 0 Å². The first-order valence-corrected chi connectivity index (χ1v) is 6.05. The first-order valence-electron chi connectivity index (χ1n) is 6.05. The largest absolute Gasteiger partial charge is 0.385 e. The van der Waals surface area contributed by atoms with Gasteiger partial charge in [0.05, 0.1) is 0 Å². The molecule has 1 saturated carbocycles. The van der Waals surface area contributed by atoms with E-state index in [1.807, 2.05) is 0 Å². The summed E-state index contributed by atoms with van der Waals surface area (Å²) in [7, 11) is 1.78. The molecule has 3 nitrogen and oxygen atoms in total. The van der Waals surface area contributed by atoms with Crippen molar-refractivity contribution in [2.75, 3.05) is 26.8 Å². The Morgan fingerprint density at radius 2 is 2.07 bits per heavy atom. The first kappa shape index (κ1) is 12.9. The van der Waals surface area contributed by atoms with E-state index in [1.54, 1.807) is 7.11 Å². The highest BCUT2D eigenvalue weighted by atomic mass is 16.5. The lowest BCUT2D eigenvalue weighted by Crippen LogP contribution is -2.35. The van der Waals surface area contributed by atoms with Gasteiger partial charge < -0.3 is 15.8 Å². The normalized spacial score (nSPS) is 22.4. The minimum atomic E-state index is 0.284. The first-order chi connectivity index (χ1) is 7.09. The lowest BCUT2D eigenvalue weighted by Gasteiger charge is -2.20. The SMILES string of the molecule is COCCC1(CNCC(C)C(C)N)CC1. The van der Waals surface area contributed by atoms with Gasteiger partial charge in [0.15, 0.2) is 0 Å². The molecule has 2 unspecified atom stereocenters. The number of nitrogens with two attached hydrogens (primary N) is 1. The molecule has 1 aliphatic carbocycles. The Morgan fingerprint density at radius 3 is 2.53 bits per heavy atom. The maximum Gasteiger partial charge on any atom is 0.0468 e. The smallest absolute Gasteiger partial charge is 0.0468 e. The van der Waals surface area contributed by atoms with E-state index in [2.05, 4.69) is 19.2 Å². The molecule has 2 atom stereocenters. The van der Waals surface area contributed by atoms with E-state index in [-0.39, 0.29) is 6.04 Å². The second kappa shape index (κ2) is 5.83. The maximum atomic E-state index is 5.82. The molecule has 90 valence electrons. The van der Waals surface area contributed by atoms with Crippen LogP contribution in [0.25, 0.3) is 0 Å². The van der Waals surface area contributed by atoms with Crippen molar-refractivity contribution in [3.63, 3.8) is 0 Å². The van der Waals surface area contributed by atoms with Crippen LogP contribution in [0.15, 0.2) is 0 Å². The molecule has 0 bridgehead atoms. The summed E-state index contributed by atoms with van der Waals surface area (Å²) in [4.78, 5) is 0. The molecule has 0 amide bonds. The summed E-state index contributed by atoms with van der Waals surface area (Å²) in [6.45, 7) is 7.33. The summed E-state index contributed by atoms with van der Waals surface area (Å²) < 4.78 is 5.14. The molecule has 0 aromatic heterocycles. The molecule has 1 aliphatic rings. The second-order valence-electron chi connectivity index (χ2n) is 5.21. The van der Waals surface area contributed by atoms with Crippen molar-refractivity contribution >= 4 is 0 Å². The van der Waals surface area contributed by atoms with Crippen LogP contribution in [0.5, 0.6) is 0 Å². The molecular formula is C12H26N2O. The van der Waals surface area contributed by atoms with Crippen molar-refractivity contribution in [2.45, 2.75) is 39.2 Å². The molecule has 0 saturated heterocycles. The van der Waals surface area contributed by atoms with Crippen LogP contribution in [0.4, 0.5) is 0 Å². The van der Waals surface area contributed by atoms with Crippen LogP contribution in [-0.4, -0.2) is 32.8 Å². The van der Waals surface area contributed by atoms with Crippen molar-refractivity contribution in [1.82, 2.24) is 5.32 Å². The van der Waals surface area contributed by atoms with Gasteiger partial charge in [-0.3, -0.25) is 0 Å². The summed E-state index contributed by atoms with van der Waals surface area (Å²) in [5.74, 6) is 0.559. The Labute approximate surface area is 93.8 Å². The Kier molecular flexibility index (Phi) is 5.03. The van der Waals surface area contributed by atoms with Crippen LogP contribution in [0.2, 0.25) is 0 Å². The number of methoxy groups -OCH3 is 1. The van der Waals surface area contributed by atoms with Gasteiger partial charge in [-0.2, -0.15) is 0 Å². The van der Waals surface area contributed by atoms with Gasteiger partial charge >= 0.3 is 0 Å². The molecule has 0 spiro atoms. The summed E-state index contributed by atoms with van der Waals surface area (Å²) in [5, 5.41) is 3.54. The standard InChI is InChI=1S/C12H26N2O/c1-10(11(2)13)8-14-9-12(4-5-12)6-7-15-3/h10-11,14H,4-9,13H2,1-3H3. The second-order valence-corrected chi connectivity index (χ2v) is 5.21. The quantitative estimate of drug-likeness (QED) is 0.641. The summed E-state index contributed by atoms with van der Waals surface area (Å²) in [6, 6.07) is 0.284. The molecule has 0 aromatic carbocycles. The molecule has 0 aliphatic heterocycles. The van der Waals surface area contributed by atoms with Crippen molar-refractivity contribution in [3.8, 4) is 0 Å². The zero-order valence-electron chi connectivity index (χ0n) is 10.4. The molecular weight excluding hydrogens is 188 g/mol. The molecule has 3 N–H and O–H groups in total. The van der Waals surface area contributed by atoms with E-state index in [9.17, 15) is 0 Å². The van der Waals surface area contributed by atoms with Crippen molar-refractivity contribution < 1.29 is 4.74 Å². The fraction of sp³-hybridized carbons (Fsp3) is 1.00. The Balaban J connectivity index is 2.09. The number of rotatable bonds is 8. The van der Waals surface area contributed by atoms with Crippen LogP contribution in [0, 0.1) is 11.3 Å².